The number of Topliss-reactive ketones (excluding diaryl/α,β-unsaturated/α-hetero) is 1. The molecule has 170 valence electrons. The Hall–Kier alpha value is -3.16. The van der Waals surface area contributed by atoms with Gasteiger partial charge in [0.1, 0.15) is 22.7 Å². The van der Waals surface area contributed by atoms with Crippen molar-refractivity contribution in [2.45, 2.75) is 77.5 Å². The van der Waals surface area contributed by atoms with Gasteiger partial charge in [-0.05, 0) is 65.7 Å². The maximum Gasteiger partial charge on any atom is 0.419 e. The standard InChI is InChI=1S/C24H28N2O6/c1-22(2,3)31-20(29)25-12-13-11-16-18(27)24(7,14-9-8-10-15(25)17(13)14)19(28)26(16)21(30)32-23(4,5)6/h8-10,12,16H,11H2,1-7H3/t16-,24+/m0/s1. The largest absolute Gasteiger partial charge is 0.443 e. The maximum atomic E-state index is 13.5. The quantitative estimate of drug-likeness (QED) is 0.576. The van der Waals surface area contributed by atoms with E-state index < -0.39 is 40.8 Å². The van der Waals surface area contributed by atoms with Crippen LogP contribution < -0.4 is 0 Å². The molecular weight excluding hydrogens is 412 g/mol. The molecule has 2 heterocycles. The van der Waals surface area contributed by atoms with Crippen LogP contribution in [0.15, 0.2) is 24.4 Å². The Bertz CT molecular complexity index is 1180. The van der Waals surface area contributed by atoms with E-state index in [9.17, 15) is 19.2 Å². The summed E-state index contributed by atoms with van der Waals surface area (Å²) < 4.78 is 12.4. The fourth-order valence-electron chi connectivity index (χ4n) is 4.50. The summed E-state index contributed by atoms with van der Waals surface area (Å²) in [6.07, 6.45) is 0.345. The molecule has 1 aromatic carbocycles. The van der Waals surface area contributed by atoms with Gasteiger partial charge in [-0.15, -0.1) is 0 Å². The lowest BCUT2D eigenvalue weighted by atomic mass is 9.78. The van der Waals surface area contributed by atoms with Crippen LogP contribution in [-0.4, -0.2) is 50.6 Å². The van der Waals surface area contributed by atoms with Gasteiger partial charge in [0.25, 0.3) is 5.91 Å². The summed E-state index contributed by atoms with van der Waals surface area (Å²) in [5.41, 5.74) is -1.32. The predicted molar refractivity (Wildman–Crippen MR) is 117 cm³/mol. The number of aromatic nitrogens is 1. The highest BCUT2D eigenvalue weighted by Crippen LogP contribution is 2.45. The first-order valence-electron chi connectivity index (χ1n) is 10.6. The summed E-state index contributed by atoms with van der Waals surface area (Å²) >= 11 is 0. The van der Waals surface area contributed by atoms with E-state index in [2.05, 4.69) is 0 Å². The van der Waals surface area contributed by atoms with Crippen LogP contribution in [0.1, 0.15) is 59.6 Å². The fraction of sp³-hybridized carbons (Fsp3) is 0.500. The molecule has 0 saturated carbocycles. The van der Waals surface area contributed by atoms with Crippen molar-refractivity contribution in [3.8, 4) is 0 Å². The number of rotatable bonds is 0. The molecule has 1 fully saturated rings. The molecule has 0 radical (unpaired) electrons. The second-order valence-corrected chi connectivity index (χ2v) is 10.6. The first-order valence-corrected chi connectivity index (χ1v) is 10.6. The molecule has 1 saturated heterocycles. The minimum atomic E-state index is -1.55. The summed E-state index contributed by atoms with van der Waals surface area (Å²) in [7, 11) is 0. The van der Waals surface area contributed by atoms with Crippen molar-refractivity contribution >= 4 is 34.8 Å². The summed E-state index contributed by atoms with van der Waals surface area (Å²) in [4.78, 5) is 53.6. The number of hydrogen-bond acceptors (Lipinski definition) is 6. The first kappa shape index (κ1) is 22.0. The fourth-order valence-corrected chi connectivity index (χ4v) is 4.50. The number of carbonyl (C=O) groups excluding carboxylic acids is 4. The van der Waals surface area contributed by atoms with Crippen molar-refractivity contribution in [1.29, 1.82) is 0 Å². The number of likely N-dealkylation sites (tertiary alicyclic amines) is 1. The number of benzene rings is 1. The molecule has 2 aromatic rings. The van der Waals surface area contributed by atoms with Crippen molar-refractivity contribution < 1.29 is 28.7 Å². The highest BCUT2D eigenvalue weighted by atomic mass is 16.6. The minimum Gasteiger partial charge on any atom is -0.443 e. The van der Waals surface area contributed by atoms with Gasteiger partial charge in [0, 0.05) is 18.0 Å². The molecule has 2 atom stereocenters. The average Bonchev–Trinajstić information content (AvgIpc) is 3.06. The average molecular weight is 440 g/mol. The van der Waals surface area contributed by atoms with E-state index in [1.165, 1.54) is 4.57 Å². The Kier molecular flexibility index (Phi) is 4.59. The number of ether oxygens (including phenoxy) is 2. The topological polar surface area (TPSA) is 94.9 Å². The van der Waals surface area contributed by atoms with E-state index in [0.29, 0.717) is 22.0 Å². The number of nitrogens with zero attached hydrogens (tertiary/aromatic N) is 2. The third-order valence-corrected chi connectivity index (χ3v) is 5.79. The molecule has 2 bridgehead atoms. The molecule has 1 aliphatic heterocycles. The van der Waals surface area contributed by atoms with Crippen LogP contribution in [-0.2, 0) is 30.9 Å². The normalized spacial score (nSPS) is 22.8. The summed E-state index contributed by atoms with van der Waals surface area (Å²) in [6.45, 7) is 12.0. The Labute approximate surface area is 186 Å². The molecular formula is C24H28N2O6. The SMILES string of the molecule is CC(C)(C)OC(=O)N1C(=O)[C@@]2(C)C(=O)[C@@H]1Cc1cn(C(=O)OC(C)(C)C)c3cccc2c13. The number of ketones is 1. The van der Waals surface area contributed by atoms with Gasteiger partial charge in [-0.2, -0.15) is 0 Å². The number of carbonyl (C=O) groups is 4. The highest BCUT2D eigenvalue weighted by Gasteiger charge is 2.61. The lowest BCUT2D eigenvalue weighted by Crippen LogP contribution is -2.45. The smallest absolute Gasteiger partial charge is 0.419 e. The van der Waals surface area contributed by atoms with Crippen molar-refractivity contribution in [1.82, 2.24) is 9.47 Å². The van der Waals surface area contributed by atoms with Gasteiger partial charge in [0.2, 0.25) is 0 Å². The van der Waals surface area contributed by atoms with Crippen molar-refractivity contribution in [3.05, 3.63) is 35.5 Å². The number of amides is 2. The zero-order valence-corrected chi connectivity index (χ0v) is 19.4. The van der Waals surface area contributed by atoms with Gasteiger partial charge >= 0.3 is 12.2 Å². The van der Waals surface area contributed by atoms with Gasteiger partial charge in [0.15, 0.2) is 5.78 Å². The highest BCUT2D eigenvalue weighted by molar-refractivity contribution is 6.25. The molecule has 0 unspecified atom stereocenters. The maximum absolute atomic E-state index is 13.5. The third kappa shape index (κ3) is 3.20. The Morgan fingerprint density at radius 2 is 1.59 bits per heavy atom. The minimum absolute atomic E-state index is 0.0999. The second kappa shape index (κ2) is 6.67. The molecule has 0 N–H and O–H groups in total. The van der Waals surface area contributed by atoms with Crippen LogP contribution in [0.4, 0.5) is 9.59 Å². The lowest BCUT2D eigenvalue weighted by molar-refractivity contribution is -0.133. The van der Waals surface area contributed by atoms with Crippen LogP contribution >= 0.6 is 0 Å². The third-order valence-electron chi connectivity index (χ3n) is 5.79. The van der Waals surface area contributed by atoms with Crippen LogP contribution in [0.5, 0.6) is 0 Å². The van der Waals surface area contributed by atoms with Crippen molar-refractivity contribution in [2.24, 2.45) is 0 Å². The van der Waals surface area contributed by atoms with Crippen molar-refractivity contribution in [2.75, 3.05) is 0 Å². The van der Waals surface area contributed by atoms with E-state index in [4.69, 9.17) is 9.47 Å². The zero-order chi connectivity index (χ0) is 23.8. The molecule has 4 rings (SSSR count). The lowest BCUT2D eigenvalue weighted by Gasteiger charge is -2.28. The van der Waals surface area contributed by atoms with Crippen molar-refractivity contribution in [3.63, 3.8) is 0 Å². The molecule has 0 spiro atoms. The van der Waals surface area contributed by atoms with E-state index in [-0.39, 0.29) is 12.2 Å². The van der Waals surface area contributed by atoms with Crippen LogP contribution in [0.2, 0.25) is 0 Å². The molecule has 2 amide bonds. The molecule has 1 aliphatic carbocycles. The molecule has 8 nitrogen and oxygen atoms in total. The van der Waals surface area contributed by atoms with Gasteiger partial charge in [-0.25, -0.2) is 14.5 Å². The predicted octanol–water partition coefficient (Wildman–Crippen LogP) is 3.95. The Balaban J connectivity index is 1.87. The number of fused-ring (bicyclic) bond motifs is 3. The van der Waals surface area contributed by atoms with Gasteiger partial charge in [0.05, 0.1) is 5.52 Å². The zero-order valence-electron chi connectivity index (χ0n) is 19.4. The van der Waals surface area contributed by atoms with E-state index in [1.54, 1.807) is 72.9 Å². The summed E-state index contributed by atoms with van der Waals surface area (Å²) in [6, 6.07) is 4.16. The number of imide groups is 1. The molecule has 8 heteroatoms. The van der Waals surface area contributed by atoms with Crippen LogP contribution in [0, 0.1) is 0 Å². The number of hydrogen-bond donors (Lipinski definition) is 0. The first-order chi connectivity index (χ1) is 14.6. The van der Waals surface area contributed by atoms with Gasteiger partial charge in [-0.1, -0.05) is 12.1 Å². The molecule has 32 heavy (non-hydrogen) atoms. The Morgan fingerprint density at radius 1 is 1.00 bits per heavy atom. The molecule has 2 aliphatic rings. The van der Waals surface area contributed by atoms with E-state index >= 15 is 0 Å². The van der Waals surface area contributed by atoms with Crippen LogP contribution in [0.25, 0.3) is 10.9 Å². The second-order valence-electron chi connectivity index (χ2n) is 10.6. The van der Waals surface area contributed by atoms with E-state index in [0.717, 1.165) is 4.90 Å². The monoisotopic (exact) mass is 440 g/mol. The van der Waals surface area contributed by atoms with Gasteiger partial charge in [-0.3, -0.25) is 14.2 Å². The molecule has 1 aromatic heterocycles. The van der Waals surface area contributed by atoms with Crippen LogP contribution in [0.3, 0.4) is 0 Å². The Morgan fingerprint density at radius 3 is 2.19 bits per heavy atom. The summed E-state index contributed by atoms with van der Waals surface area (Å²) in [5.74, 6) is -0.953. The van der Waals surface area contributed by atoms with E-state index in [1.807, 2.05) is 0 Å². The summed E-state index contributed by atoms with van der Waals surface area (Å²) in [5, 5.41) is 0.675. The van der Waals surface area contributed by atoms with Gasteiger partial charge < -0.3 is 9.47 Å².